The molecule has 5 heteroatoms. The van der Waals surface area contributed by atoms with Crippen LogP contribution in [0.2, 0.25) is 0 Å². The Hall–Kier alpha value is -2.00. The topological polar surface area (TPSA) is 56.4 Å². The quantitative estimate of drug-likeness (QED) is 0.557. The first-order chi connectivity index (χ1) is 9.93. The molecule has 0 fully saturated rings. The van der Waals surface area contributed by atoms with Crippen LogP contribution < -0.4 is 19.9 Å². The van der Waals surface area contributed by atoms with E-state index in [1.54, 1.807) is 24.8 Å². The number of hydrogen-bond donors (Lipinski definition) is 0. The summed E-state index contributed by atoms with van der Waals surface area (Å²) >= 11 is 0. The number of rotatable bonds is 2. The first-order valence-corrected chi connectivity index (χ1v) is 6.25. The van der Waals surface area contributed by atoms with Crippen LogP contribution in [0.5, 0.6) is 0 Å². The SMILES string of the molecule is [Zr+4].c1c[n-]c(-c2ccc[n-]2)c1.c1c[n-]c(-c2ccc[n-]2)c1. The van der Waals surface area contributed by atoms with E-state index in [-0.39, 0.29) is 26.2 Å². The van der Waals surface area contributed by atoms with Crippen LogP contribution in [-0.2, 0) is 26.2 Å². The molecule has 0 N–H and O–H groups in total. The molecular formula is C16H12N4Zr. The molecule has 4 aromatic rings. The number of nitrogens with zero attached hydrogens (tertiary/aromatic N) is 4. The summed E-state index contributed by atoms with van der Waals surface area (Å²) in [7, 11) is 0. The van der Waals surface area contributed by atoms with E-state index in [4.69, 9.17) is 0 Å². The maximum atomic E-state index is 4.10. The summed E-state index contributed by atoms with van der Waals surface area (Å²) in [6, 6.07) is 15.4. The summed E-state index contributed by atoms with van der Waals surface area (Å²) in [6.45, 7) is 0. The largest absolute Gasteiger partial charge is 4.00 e. The maximum absolute atomic E-state index is 4.10. The second kappa shape index (κ2) is 7.70. The van der Waals surface area contributed by atoms with Crippen LogP contribution in [0, 0.1) is 0 Å². The average molecular weight is 352 g/mol. The van der Waals surface area contributed by atoms with Crippen molar-refractivity contribution in [3.63, 3.8) is 0 Å². The Morgan fingerprint density at radius 3 is 0.810 bits per heavy atom. The molecule has 0 aliphatic carbocycles. The first kappa shape index (κ1) is 15.4. The van der Waals surface area contributed by atoms with Gasteiger partial charge in [-0.2, -0.15) is 47.6 Å². The van der Waals surface area contributed by atoms with Crippen LogP contribution in [0.3, 0.4) is 0 Å². The molecule has 4 heterocycles. The molecule has 0 radical (unpaired) electrons. The van der Waals surface area contributed by atoms with E-state index >= 15 is 0 Å². The van der Waals surface area contributed by atoms with Crippen molar-refractivity contribution in [3.8, 4) is 22.8 Å². The van der Waals surface area contributed by atoms with E-state index < -0.39 is 0 Å². The average Bonchev–Trinajstić information content (AvgIpc) is 3.29. The molecular weight excluding hydrogens is 339 g/mol. The van der Waals surface area contributed by atoms with Crippen molar-refractivity contribution in [1.29, 1.82) is 0 Å². The minimum absolute atomic E-state index is 0. The molecule has 0 aromatic carbocycles. The van der Waals surface area contributed by atoms with Gasteiger partial charge in [0.05, 0.1) is 0 Å². The zero-order valence-corrected chi connectivity index (χ0v) is 13.7. The fourth-order valence-corrected chi connectivity index (χ4v) is 1.81. The molecule has 0 saturated heterocycles. The fraction of sp³-hybridized carbons (Fsp3) is 0. The molecule has 0 spiro atoms. The van der Waals surface area contributed by atoms with Gasteiger partial charge in [-0.05, 0) is 0 Å². The zero-order valence-electron chi connectivity index (χ0n) is 11.2. The van der Waals surface area contributed by atoms with Crippen molar-refractivity contribution in [1.82, 2.24) is 19.9 Å². The second-order valence-electron chi connectivity index (χ2n) is 4.09. The Kier molecular flexibility index (Phi) is 5.64. The Balaban J connectivity index is 0.000000147. The molecule has 4 nitrogen and oxygen atoms in total. The molecule has 100 valence electrons. The maximum Gasteiger partial charge on any atom is 4.00 e. The Labute approximate surface area is 142 Å². The van der Waals surface area contributed by atoms with Crippen molar-refractivity contribution < 1.29 is 26.2 Å². The monoisotopic (exact) mass is 350 g/mol. The van der Waals surface area contributed by atoms with Gasteiger partial charge in [-0.3, -0.25) is 0 Å². The normalized spacial score (nSPS) is 9.52. The fourth-order valence-electron chi connectivity index (χ4n) is 1.81. The van der Waals surface area contributed by atoms with Gasteiger partial charge in [-0.1, -0.05) is 48.5 Å². The summed E-state index contributed by atoms with van der Waals surface area (Å²) in [5, 5.41) is 0. The van der Waals surface area contributed by atoms with E-state index in [1.165, 1.54) is 0 Å². The standard InChI is InChI=1S/2C8H6N2.Zr/c2*1-3-7(9-5-1)8-4-2-6-10-8;/h2*1-6H;/q2*-2;+4. The summed E-state index contributed by atoms with van der Waals surface area (Å²) in [5.41, 5.74) is 3.80. The van der Waals surface area contributed by atoms with Crippen molar-refractivity contribution in [2.45, 2.75) is 0 Å². The first-order valence-electron chi connectivity index (χ1n) is 6.25. The molecule has 4 aromatic heterocycles. The summed E-state index contributed by atoms with van der Waals surface area (Å²) in [4.78, 5) is 16.4. The Morgan fingerprint density at radius 2 is 0.667 bits per heavy atom. The second-order valence-corrected chi connectivity index (χ2v) is 4.09. The summed E-state index contributed by atoms with van der Waals surface area (Å²) in [6.07, 6.45) is 7.07. The van der Waals surface area contributed by atoms with E-state index in [0.717, 1.165) is 22.8 Å². The van der Waals surface area contributed by atoms with Gasteiger partial charge in [-0.15, -0.1) is 0 Å². The van der Waals surface area contributed by atoms with E-state index in [1.807, 2.05) is 48.5 Å². The van der Waals surface area contributed by atoms with Gasteiger partial charge in [0.25, 0.3) is 0 Å². The number of aromatic nitrogens is 4. The molecule has 0 saturated carbocycles. The van der Waals surface area contributed by atoms with Gasteiger partial charge >= 0.3 is 26.2 Å². The molecule has 0 aliphatic heterocycles. The third kappa shape index (κ3) is 3.99. The van der Waals surface area contributed by atoms with Gasteiger partial charge in [0.2, 0.25) is 0 Å². The Morgan fingerprint density at radius 1 is 0.429 bits per heavy atom. The zero-order chi connectivity index (χ0) is 13.6. The third-order valence-electron chi connectivity index (χ3n) is 2.74. The molecule has 0 amide bonds. The van der Waals surface area contributed by atoms with Crippen LogP contribution >= 0.6 is 0 Å². The molecule has 0 bridgehead atoms. The van der Waals surface area contributed by atoms with Gasteiger partial charge in [0.1, 0.15) is 0 Å². The van der Waals surface area contributed by atoms with Gasteiger partial charge < -0.3 is 19.9 Å². The molecule has 4 rings (SSSR count). The summed E-state index contributed by atoms with van der Waals surface area (Å²) in [5.74, 6) is 0. The Bertz CT molecular complexity index is 564. The minimum Gasteiger partial charge on any atom is -0.665 e. The smallest absolute Gasteiger partial charge is 0.665 e. The van der Waals surface area contributed by atoms with Crippen molar-refractivity contribution in [2.75, 3.05) is 0 Å². The van der Waals surface area contributed by atoms with E-state index in [9.17, 15) is 0 Å². The van der Waals surface area contributed by atoms with Gasteiger partial charge in [0.15, 0.2) is 0 Å². The van der Waals surface area contributed by atoms with Gasteiger partial charge in [0, 0.05) is 0 Å². The van der Waals surface area contributed by atoms with Crippen LogP contribution in [-0.4, -0.2) is 0 Å². The minimum atomic E-state index is 0. The van der Waals surface area contributed by atoms with E-state index in [0.29, 0.717) is 0 Å². The van der Waals surface area contributed by atoms with E-state index in [2.05, 4.69) is 19.9 Å². The van der Waals surface area contributed by atoms with Crippen LogP contribution in [0.15, 0.2) is 73.3 Å². The van der Waals surface area contributed by atoms with Crippen molar-refractivity contribution in [3.05, 3.63) is 73.3 Å². The third-order valence-corrected chi connectivity index (χ3v) is 2.74. The molecule has 0 unspecified atom stereocenters. The van der Waals surface area contributed by atoms with Crippen molar-refractivity contribution >= 4 is 0 Å². The predicted octanol–water partition coefficient (Wildman–Crippen LogP) is 2.53. The van der Waals surface area contributed by atoms with Crippen LogP contribution in [0.25, 0.3) is 22.8 Å². The molecule has 0 aliphatic rings. The predicted molar refractivity (Wildman–Crippen MR) is 77.0 cm³/mol. The van der Waals surface area contributed by atoms with Crippen molar-refractivity contribution in [2.24, 2.45) is 0 Å². The van der Waals surface area contributed by atoms with Crippen LogP contribution in [0.4, 0.5) is 0 Å². The molecule has 21 heavy (non-hydrogen) atoms. The summed E-state index contributed by atoms with van der Waals surface area (Å²) < 4.78 is 0. The van der Waals surface area contributed by atoms with Crippen LogP contribution in [0.1, 0.15) is 0 Å². The number of hydrogen-bond acceptors (Lipinski definition) is 0. The van der Waals surface area contributed by atoms with Gasteiger partial charge in [-0.25, -0.2) is 0 Å². The molecule has 0 atom stereocenters.